The zero-order valence-electron chi connectivity index (χ0n) is 15.7. The number of aryl methyl sites for hydroxylation is 1. The smallest absolute Gasteiger partial charge is 0.225 e. The van der Waals surface area contributed by atoms with Gasteiger partial charge in [0.2, 0.25) is 5.95 Å². The molecule has 2 fully saturated rings. The second kappa shape index (κ2) is 8.12. The summed E-state index contributed by atoms with van der Waals surface area (Å²) in [7, 11) is 0. The fraction of sp³-hybridized carbons (Fsp3) is 0.571. The van der Waals surface area contributed by atoms with E-state index >= 15 is 0 Å². The average Bonchev–Trinajstić information content (AvgIpc) is 3.23. The van der Waals surface area contributed by atoms with Gasteiger partial charge in [-0.3, -0.25) is 4.98 Å². The normalized spacial score (nSPS) is 19.2. The second-order valence-corrected chi connectivity index (χ2v) is 7.71. The number of hydrogen-bond acceptors (Lipinski definition) is 5. The lowest BCUT2D eigenvalue weighted by Crippen LogP contribution is -2.43. The summed E-state index contributed by atoms with van der Waals surface area (Å²) < 4.78 is 0. The van der Waals surface area contributed by atoms with Crippen molar-refractivity contribution in [2.24, 2.45) is 0 Å². The Morgan fingerprint density at radius 1 is 1.08 bits per heavy atom. The molecule has 1 N–H and O–H groups in total. The summed E-state index contributed by atoms with van der Waals surface area (Å²) in [5, 5.41) is 3.71. The van der Waals surface area contributed by atoms with E-state index in [1.54, 1.807) is 0 Å². The monoisotopic (exact) mass is 351 g/mol. The zero-order valence-corrected chi connectivity index (χ0v) is 15.7. The van der Waals surface area contributed by atoms with Crippen molar-refractivity contribution >= 4 is 5.95 Å². The van der Waals surface area contributed by atoms with Gasteiger partial charge in [0.25, 0.3) is 0 Å². The Balaban J connectivity index is 1.31. The van der Waals surface area contributed by atoms with Crippen LogP contribution in [0.1, 0.15) is 61.3 Å². The zero-order chi connectivity index (χ0) is 17.8. The Hall–Kier alpha value is -2.01. The van der Waals surface area contributed by atoms with Gasteiger partial charge in [0.15, 0.2) is 0 Å². The molecule has 2 aromatic heterocycles. The van der Waals surface area contributed by atoms with Crippen LogP contribution in [0.3, 0.4) is 0 Å². The molecular weight excluding hydrogens is 322 g/mol. The van der Waals surface area contributed by atoms with E-state index in [4.69, 9.17) is 4.98 Å². The van der Waals surface area contributed by atoms with Crippen molar-refractivity contribution in [3.8, 4) is 0 Å². The highest BCUT2D eigenvalue weighted by atomic mass is 15.3. The minimum atomic E-state index is 0.567. The third-order valence-corrected chi connectivity index (χ3v) is 5.93. The summed E-state index contributed by atoms with van der Waals surface area (Å²) in [6.45, 7) is 5.11. The standard InChI is InChI=1S/C21H29N5/c1-16-14-22-10-6-18(16)15-24-19-8-12-26(13-9-19)21-23-11-7-20(25-21)17-4-2-3-5-17/h6-7,10-11,14,17,19,24H,2-5,8-9,12-13,15H2,1H3. The number of rotatable bonds is 5. The number of nitrogens with one attached hydrogen (secondary N) is 1. The Kier molecular flexibility index (Phi) is 5.44. The van der Waals surface area contributed by atoms with E-state index in [9.17, 15) is 0 Å². The summed E-state index contributed by atoms with van der Waals surface area (Å²) >= 11 is 0. The molecule has 0 amide bonds. The molecule has 5 heteroatoms. The number of anilines is 1. The predicted molar refractivity (Wildman–Crippen MR) is 104 cm³/mol. The fourth-order valence-electron chi connectivity index (χ4n) is 4.20. The van der Waals surface area contributed by atoms with Crippen LogP contribution in [0.2, 0.25) is 0 Å². The molecule has 3 heterocycles. The molecule has 1 aliphatic heterocycles. The highest BCUT2D eigenvalue weighted by Gasteiger charge is 2.23. The maximum atomic E-state index is 4.90. The van der Waals surface area contributed by atoms with E-state index < -0.39 is 0 Å². The molecule has 2 aromatic rings. The molecule has 0 atom stereocenters. The fourth-order valence-corrected chi connectivity index (χ4v) is 4.20. The number of nitrogens with zero attached hydrogens (tertiary/aromatic N) is 4. The van der Waals surface area contributed by atoms with Crippen molar-refractivity contribution in [1.82, 2.24) is 20.3 Å². The summed E-state index contributed by atoms with van der Waals surface area (Å²) in [5.74, 6) is 1.58. The molecule has 26 heavy (non-hydrogen) atoms. The lowest BCUT2D eigenvalue weighted by molar-refractivity contribution is 0.410. The first-order valence-electron chi connectivity index (χ1n) is 10.0. The summed E-state index contributed by atoms with van der Waals surface area (Å²) in [6, 6.07) is 4.79. The van der Waals surface area contributed by atoms with Crippen molar-refractivity contribution in [3.05, 3.63) is 47.5 Å². The number of pyridine rings is 1. The van der Waals surface area contributed by atoms with Gasteiger partial charge in [-0.2, -0.15) is 0 Å². The number of piperidine rings is 1. The van der Waals surface area contributed by atoms with Gasteiger partial charge in [-0.05, 0) is 55.9 Å². The van der Waals surface area contributed by atoms with Crippen LogP contribution < -0.4 is 10.2 Å². The number of aromatic nitrogens is 3. The van der Waals surface area contributed by atoms with Gasteiger partial charge < -0.3 is 10.2 Å². The SMILES string of the molecule is Cc1cnccc1CNC1CCN(c2nccc(C3CCCC3)n2)CC1. The van der Waals surface area contributed by atoms with E-state index in [-0.39, 0.29) is 0 Å². The molecule has 138 valence electrons. The highest BCUT2D eigenvalue weighted by Crippen LogP contribution is 2.33. The lowest BCUT2D eigenvalue weighted by Gasteiger charge is -2.33. The van der Waals surface area contributed by atoms with Crippen molar-refractivity contribution in [3.63, 3.8) is 0 Å². The molecule has 0 unspecified atom stereocenters. The lowest BCUT2D eigenvalue weighted by atomic mass is 10.0. The first-order valence-corrected chi connectivity index (χ1v) is 10.0. The van der Waals surface area contributed by atoms with Crippen LogP contribution >= 0.6 is 0 Å². The van der Waals surface area contributed by atoms with Crippen LogP contribution in [0.4, 0.5) is 5.95 Å². The minimum absolute atomic E-state index is 0.567. The van der Waals surface area contributed by atoms with Gasteiger partial charge in [0.05, 0.1) is 0 Å². The molecule has 1 saturated heterocycles. The third-order valence-electron chi connectivity index (χ3n) is 5.93. The van der Waals surface area contributed by atoms with Gasteiger partial charge in [-0.25, -0.2) is 9.97 Å². The van der Waals surface area contributed by atoms with Crippen LogP contribution in [0, 0.1) is 6.92 Å². The van der Waals surface area contributed by atoms with Gasteiger partial charge in [0, 0.05) is 55.9 Å². The van der Waals surface area contributed by atoms with Crippen molar-refractivity contribution in [2.75, 3.05) is 18.0 Å². The first kappa shape index (κ1) is 17.4. The second-order valence-electron chi connectivity index (χ2n) is 7.71. The van der Waals surface area contributed by atoms with Crippen LogP contribution in [-0.2, 0) is 6.54 Å². The van der Waals surface area contributed by atoms with Crippen LogP contribution in [0.25, 0.3) is 0 Å². The number of hydrogen-bond donors (Lipinski definition) is 1. The first-order chi connectivity index (χ1) is 12.8. The molecule has 4 rings (SSSR count). The molecule has 1 aliphatic carbocycles. The third kappa shape index (κ3) is 4.04. The Labute approximate surface area is 156 Å². The molecule has 0 aromatic carbocycles. The van der Waals surface area contributed by atoms with Crippen molar-refractivity contribution in [1.29, 1.82) is 0 Å². The molecule has 1 saturated carbocycles. The van der Waals surface area contributed by atoms with E-state index in [1.807, 2.05) is 18.6 Å². The van der Waals surface area contributed by atoms with Gasteiger partial charge >= 0.3 is 0 Å². The van der Waals surface area contributed by atoms with Crippen LogP contribution in [0.15, 0.2) is 30.7 Å². The van der Waals surface area contributed by atoms with Crippen LogP contribution in [-0.4, -0.2) is 34.1 Å². The Morgan fingerprint density at radius 3 is 2.65 bits per heavy atom. The molecule has 2 aliphatic rings. The van der Waals surface area contributed by atoms with E-state index in [2.05, 4.69) is 39.2 Å². The van der Waals surface area contributed by atoms with Gasteiger partial charge in [-0.15, -0.1) is 0 Å². The predicted octanol–water partition coefficient (Wildman–Crippen LogP) is 3.60. The highest BCUT2D eigenvalue weighted by molar-refractivity contribution is 5.32. The molecule has 0 spiro atoms. The maximum Gasteiger partial charge on any atom is 0.225 e. The quantitative estimate of drug-likeness (QED) is 0.892. The molecule has 0 bridgehead atoms. The molecule has 5 nitrogen and oxygen atoms in total. The largest absolute Gasteiger partial charge is 0.341 e. The molecule has 0 radical (unpaired) electrons. The topological polar surface area (TPSA) is 53.9 Å². The Morgan fingerprint density at radius 2 is 1.88 bits per heavy atom. The van der Waals surface area contributed by atoms with Crippen LogP contribution in [0.5, 0.6) is 0 Å². The van der Waals surface area contributed by atoms with Crippen molar-refractivity contribution < 1.29 is 0 Å². The maximum absolute atomic E-state index is 4.90. The molecular formula is C21H29N5. The summed E-state index contributed by atoms with van der Waals surface area (Å²) in [4.78, 5) is 16.0. The van der Waals surface area contributed by atoms with E-state index in [1.165, 1.54) is 42.5 Å². The summed E-state index contributed by atoms with van der Waals surface area (Å²) in [6.07, 6.45) is 13.3. The Bertz CT molecular complexity index is 718. The van der Waals surface area contributed by atoms with Gasteiger partial charge in [0.1, 0.15) is 0 Å². The van der Waals surface area contributed by atoms with Gasteiger partial charge in [-0.1, -0.05) is 12.8 Å². The van der Waals surface area contributed by atoms with E-state index in [0.717, 1.165) is 38.4 Å². The van der Waals surface area contributed by atoms with Crippen molar-refractivity contribution in [2.45, 2.75) is 64.0 Å². The summed E-state index contributed by atoms with van der Waals surface area (Å²) in [5.41, 5.74) is 3.85. The minimum Gasteiger partial charge on any atom is -0.341 e. The average molecular weight is 351 g/mol. The van der Waals surface area contributed by atoms with E-state index in [0.29, 0.717) is 12.0 Å².